The maximum Gasteiger partial charge on any atom is 0.442 e. The molecule has 0 radical (unpaired) electrons. The van der Waals surface area contributed by atoms with Crippen LogP contribution in [0.3, 0.4) is 0 Å². The van der Waals surface area contributed by atoms with Crippen molar-refractivity contribution < 1.29 is 33.1 Å². The van der Waals surface area contributed by atoms with Gasteiger partial charge in [-0.2, -0.15) is 0 Å². The third-order valence-corrected chi connectivity index (χ3v) is 7.81. The summed E-state index contributed by atoms with van der Waals surface area (Å²) in [5, 5.41) is 6.07. The fourth-order valence-corrected chi connectivity index (χ4v) is 5.98. The van der Waals surface area contributed by atoms with Crippen LogP contribution in [0.25, 0.3) is 5.69 Å². The van der Waals surface area contributed by atoms with Crippen LogP contribution in [0.15, 0.2) is 38.6 Å². The Morgan fingerprint density at radius 2 is 2.00 bits per heavy atom. The Hall–Kier alpha value is -3.58. The second-order valence-electron chi connectivity index (χ2n) is 7.86. The van der Waals surface area contributed by atoms with Crippen LogP contribution in [-0.4, -0.2) is 54.5 Å². The Kier molecular flexibility index (Phi) is 7.79. The summed E-state index contributed by atoms with van der Waals surface area (Å²) in [7, 11) is 2.86. The molecule has 0 bridgehead atoms. The molecular formula is C23H25N4O7S2+. The molecule has 4 rings (SSSR count). The number of carbonyl (C=O) groups excluding carboxylic acids is 3. The van der Waals surface area contributed by atoms with E-state index in [1.807, 2.05) is 0 Å². The van der Waals surface area contributed by atoms with Crippen LogP contribution in [-0.2, 0) is 27.3 Å². The predicted molar refractivity (Wildman–Crippen MR) is 132 cm³/mol. The number of amides is 2. The van der Waals surface area contributed by atoms with Gasteiger partial charge in [-0.05, 0) is 45.8 Å². The van der Waals surface area contributed by atoms with E-state index < -0.39 is 11.6 Å². The molecule has 1 aliphatic rings. The van der Waals surface area contributed by atoms with Crippen LogP contribution in [0.5, 0.6) is 5.75 Å². The average Bonchev–Trinajstić information content (AvgIpc) is 3.42. The van der Waals surface area contributed by atoms with Crippen LogP contribution in [0.1, 0.15) is 34.1 Å². The molecule has 0 fully saturated rings. The highest BCUT2D eigenvalue weighted by molar-refractivity contribution is 7.99. The number of nitrogens with one attached hydrogen (secondary N) is 2. The van der Waals surface area contributed by atoms with Crippen LogP contribution < -0.4 is 20.4 Å². The third-order valence-electron chi connectivity index (χ3n) is 5.65. The highest BCUT2D eigenvalue weighted by Crippen LogP contribution is 2.37. The second-order valence-corrected chi connectivity index (χ2v) is 10.0. The normalized spacial score (nSPS) is 12.7. The number of benzene rings is 1. The number of aromatic nitrogens is 2. The van der Waals surface area contributed by atoms with Gasteiger partial charge in [-0.15, -0.1) is 11.3 Å². The van der Waals surface area contributed by atoms with Crippen molar-refractivity contribution in [2.24, 2.45) is 0 Å². The molecular weight excluding hydrogens is 508 g/mol. The first-order valence-corrected chi connectivity index (χ1v) is 12.8. The van der Waals surface area contributed by atoms with E-state index in [0.29, 0.717) is 52.3 Å². The van der Waals surface area contributed by atoms with Crippen LogP contribution >= 0.6 is 23.1 Å². The molecule has 1 aliphatic heterocycles. The van der Waals surface area contributed by atoms with Gasteiger partial charge in [0.15, 0.2) is 0 Å². The summed E-state index contributed by atoms with van der Waals surface area (Å²) in [6.45, 7) is 2.39. The first-order valence-electron chi connectivity index (χ1n) is 11.0. The number of ether oxygens (including phenoxy) is 2. The van der Waals surface area contributed by atoms with Gasteiger partial charge in [-0.3, -0.25) is 14.1 Å². The zero-order valence-electron chi connectivity index (χ0n) is 19.9. The molecule has 2 N–H and O–H groups in total. The number of thioether (sulfide) groups is 1. The van der Waals surface area contributed by atoms with Gasteiger partial charge in [-0.1, -0.05) is 0 Å². The molecule has 0 unspecified atom stereocenters. The lowest BCUT2D eigenvalue weighted by Gasteiger charge is -2.25. The van der Waals surface area contributed by atoms with Crippen molar-refractivity contribution >= 4 is 45.9 Å². The molecule has 36 heavy (non-hydrogen) atoms. The minimum atomic E-state index is -0.551. The highest BCUT2D eigenvalue weighted by atomic mass is 32.2. The number of rotatable bonds is 8. The van der Waals surface area contributed by atoms with Gasteiger partial charge in [-0.25, -0.2) is 9.59 Å². The molecule has 0 aliphatic carbocycles. The van der Waals surface area contributed by atoms with E-state index in [4.69, 9.17) is 14.0 Å². The summed E-state index contributed by atoms with van der Waals surface area (Å²) in [6, 6.07) is 7.04. The second kappa shape index (κ2) is 11.0. The van der Waals surface area contributed by atoms with E-state index >= 15 is 0 Å². The lowest BCUT2D eigenvalue weighted by molar-refractivity contribution is -0.704. The largest absolute Gasteiger partial charge is 0.497 e. The molecule has 3 heterocycles. The lowest BCUT2D eigenvalue weighted by atomic mass is 10.0. The summed E-state index contributed by atoms with van der Waals surface area (Å²) in [5.74, 6) is 0.0787. The summed E-state index contributed by atoms with van der Waals surface area (Å²) in [4.78, 5) is 51.7. The Morgan fingerprint density at radius 1 is 1.25 bits per heavy atom. The number of carbonyl (C=O) groups is 3. The first-order chi connectivity index (χ1) is 17.3. The molecule has 190 valence electrons. The number of hydrogen-bond acceptors (Lipinski definition) is 9. The average molecular weight is 534 g/mol. The number of aromatic amines is 1. The summed E-state index contributed by atoms with van der Waals surface area (Å²) < 4.78 is 16.5. The molecule has 0 spiro atoms. The highest BCUT2D eigenvalue weighted by Gasteiger charge is 2.30. The van der Waals surface area contributed by atoms with Gasteiger partial charge in [0.2, 0.25) is 17.5 Å². The van der Waals surface area contributed by atoms with Crippen LogP contribution in [0.4, 0.5) is 5.00 Å². The topological polar surface area (TPSA) is 135 Å². The van der Waals surface area contributed by atoms with Gasteiger partial charge >= 0.3 is 16.6 Å². The Bertz CT molecular complexity index is 1340. The standard InChI is InChI=1S/C23H24N4O7S2/c1-13(28)26-10-8-16-17(12-26)36-20(19(16)22(30)33-3)24-18(29)9-11-35-21-23(31)34-25-27(21)14-4-6-15(32-2)7-5-14/h4-7H,8-12H2,1-3H3,(H-,24,25,29,30,31)/p+1. The quantitative estimate of drug-likeness (QED) is 0.255. The monoisotopic (exact) mass is 533 g/mol. The van der Waals surface area contributed by atoms with Gasteiger partial charge in [0, 0.05) is 42.7 Å². The van der Waals surface area contributed by atoms with Crippen molar-refractivity contribution in [1.82, 2.24) is 10.2 Å². The van der Waals surface area contributed by atoms with Gasteiger partial charge < -0.3 is 19.7 Å². The molecule has 11 nitrogen and oxygen atoms in total. The van der Waals surface area contributed by atoms with E-state index in [1.54, 1.807) is 36.3 Å². The van der Waals surface area contributed by atoms with Gasteiger partial charge in [0.1, 0.15) is 10.8 Å². The van der Waals surface area contributed by atoms with Crippen molar-refractivity contribution in [3.8, 4) is 11.4 Å². The van der Waals surface area contributed by atoms with E-state index in [1.165, 1.54) is 41.8 Å². The number of nitrogens with zero attached hydrogens (tertiary/aromatic N) is 2. The number of methoxy groups -OCH3 is 2. The zero-order valence-corrected chi connectivity index (χ0v) is 21.5. The van der Waals surface area contributed by atoms with E-state index in [9.17, 15) is 19.2 Å². The Labute approximate surface area is 214 Å². The number of thiophene rings is 1. The predicted octanol–water partition coefficient (Wildman–Crippen LogP) is 2.13. The van der Waals surface area contributed by atoms with E-state index in [2.05, 4.69) is 10.6 Å². The van der Waals surface area contributed by atoms with Crippen molar-refractivity contribution in [3.05, 3.63) is 50.7 Å². The van der Waals surface area contributed by atoms with Crippen molar-refractivity contribution in [2.75, 3.05) is 31.8 Å². The number of anilines is 1. The van der Waals surface area contributed by atoms with E-state index in [0.717, 1.165) is 10.4 Å². The number of H-pyrrole nitrogens is 1. The minimum absolute atomic E-state index is 0.0441. The van der Waals surface area contributed by atoms with Crippen LogP contribution in [0.2, 0.25) is 0 Å². The maximum atomic E-state index is 12.7. The molecule has 2 amide bonds. The van der Waals surface area contributed by atoms with Crippen molar-refractivity contribution in [2.45, 2.75) is 31.3 Å². The molecule has 0 saturated carbocycles. The first kappa shape index (κ1) is 25.5. The Morgan fingerprint density at radius 3 is 2.67 bits per heavy atom. The smallest absolute Gasteiger partial charge is 0.442 e. The molecule has 0 atom stereocenters. The van der Waals surface area contributed by atoms with Crippen molar-refractivity contribution in [1.29, 1.82) is 0 Å². The van der Waals surface area contributed by atoms with Gasteiger partial charge in [0.25, 0.3) is 0 Å². The fraction of sp³-hybridized carbons (Fsp3) is 0.348. The van der Waals surface area contributed by atoms with Gasteiger partial charge in [0.05, 0.1) is 26.3 Å². The number of fused-ring (bicyclic) bond motifs is 1. The SMILES string of the molecule is COC(=O)c1c(NC(=O)CCSc2c(=O)o[nH][n+]2-c2ccc(OC)cc2)sc2c1CCN(C(C)=O)C2. The summed E-state index contributed by atoms with van der Waals surface area (Å²) in [6.07, 6.45) is 0.594. The van der Waals surface area contributed by atoms with Crippen molar-refractivity contribution in [3.63, 3.8) is 0 Å². The fourth-order valence-electron chi connectivity index (χ4n) is 3.80. The zero-order chi connectivity index (χ0) is 25.8. The molecule has 2 aromatic heterocycles. The maximum absolute atomic E-state index is 12.7. The number of hydrogen-bond donors (Lipinski definition) is 2. The molecule has 3 aromatic rings. The minimum Gasteiger partial charge on any atom is -0.497 e. The molecule has 13 heteroatoms. The van der Waals surface area contributed by atoms with E-state index in [-0.39, 0.29) is 18.2 Å². The summed E-state index contributed by atoms with van der Waals surface area (Å²) >= 11 is 2.44. The summed E-state index contributed by atoms with van der Waals surface area (Å²) in [5.41, 5.74) is 1.26. The Balaban J connectivity index is 1.44. The lowest BCUT2D eigenvalue weighted by Crippen LogP contribution is -2.36. The third kappa shape index (κ3) is 5.31. The number of esters is 1. The molecule has 1 aromatic carbocycles. The van der Waals surface area contributed by atoms with Crippen LogP contribution in [0, 0.1) is 0 Å². The molecule has 0 saturated heterocycles.